The third-order valence-electron chi connectivity index (χ3n) is 3.89. The van der Waals surface area contributed by atoms with Crippen LogP contribution in [0.5, 0.6) is 0 Å². The number of benzene rings is 2. The van der Waals surface area contributed by atoms with Crippen molar-refractivity contribution in [3.63, 3.8) is 0 Å². The fraction of sp³-hybridized carbons (Fsp3) is 0.158. The molecule has 0 bridgehead atoms. The molecule has 3 aromatic rings. The molecule has 1 N–H and O–H groups in total. The van der Waals surface area contributed by atoms with Gasteiger partial charge in [0.2, 0.25) is 0 Å². The van der Waals surface area contributed by atoms with Gasteiger partial charge in [0.05, 0.1) is 17.4 Å². The second kappa shape index (κ2) is 7.61. The third kappa shape index (κ3) is 4.52. The van der Waals surface area contributed by atoms with Gasteiger partial charge >= 0.3 is 6.18 Å². The number of nitrogens with one attached hydrogen (secondary N) is 1. The molecular formula is C19H15F4N3O. The maximum Gasteiger partial charge on any atom is 0.419 e. The van der Waals surface area contributed by atoms with E-state index in [4.69, 9.17) is 0 Å². The van der Waals surface area contributed by atoms with Crippen LogP contribution in [0.15, 0.2) is 60.9 Å². The highest BCUT2D eigenvalue weighted by Crippen LogP contribution is 2.31. The van der Waals surface area contributed by atoms with E-state index in [1.54, 1.807) is 17.1 Å². The molecule has 4 nitrogen and oxygen atoms in total. The lowest BCUT2D eigenvalue weighted by Crippen LogP contribution is -2.26. The SMILES string of the molecule is O=C(NCCc1cnn(-c2ccccc2)c1)c1ccc(F)c(C(F)(F)F)c1. The average Bonchev–Trinajstić information content (AvgIpc) is 3.10. The third-order valence-corrected chi connectivity index (χ3v) is 3.89. The fourth-order valence-electron chi connectivity index (χ4n) is 2.52. The van der Waals surface area contributed by atoms with Crippen molar-refractivity contribution in [1.82, 2.24) is 15.1 Å². The van der Waals surface area contributed by atoms with Gasteiger partial charge in [-0.15, -0.1) is 0 Å². The topological polar surface area (TPSA) is 46.9 Å². The molecule has 0 spiro atoms. The number of carbonyl (C=O) groups is 1. The van der Waals surface area contributed by atoms with E-state index in [1.165, 1.54) is 0 Å². The van der Waals surface area contributed by atoms with Gasteiger partial charge in [-0.3, -0.25) is 4.79 Å². The lowest BCUT2D eigenvalue weighted by Gasteiger charge is -2.10. The van der Waals surface area contributed by atoms with E-state index in [0.29, 0.717) is 18.6 Å². The first kappa shape index (κ1) is 18.6. The number of rotatable bonds is 5. The number of nitrogens with zero attached hydrogens (tertiary/aromatic N) is 2. The molecular weight excluding hydrogens is 362 g/mol. The second-order valence-electron chi connectivity index (χ2n) is 5.83. The molecule has 0 aliphatic carbocycles. The summed E-state index contributed by atoms with van der Waals surface area (Å²) in [5.41, 5.74) is 0.0380. The van der Waals surface area contributed by atoms with Gasteiger partial charge in [0.25, 0.3) is 5.91 Å². The highest BCUT2D eigenvalue weighted by molar-refractivity contribution is 5.94. The average molecular weight is 377 g/mol. The van der Waals surface area contributed by atoms with Crippen molar-refractivity contribution in [2.45, 2.75) is 12.6 Å². The lowest BCUT2D eigenvalue weighted by atomic mass is 10.1. The first-order chi connectivity index (χ1) is 12.8. The molecule has 0 aliphatic heterocycles. The molecule has 0 saturated carbocycles. The number of alkyl halides is 3. The Bertz CT molecular complexity index is 936. The maximum absolute atomic E-state index is 13.3. The van der Waals surface area contributed by atoms with Crippen molar-refractivity contribution < 1.29 is 22.4 Å². The smallest absolute Gasteiger partial charge is 0.352 e. The van der Waals surface area contributed by atoms with Crippen LogP contribution in [0.4, 0.5) is 17.6 Å². The number of aromatic nitrogens is 2. The van der Waals surface area contributed by atoms with E-state index in [9.17, 15) is 22.4 Å². The summed E-state index contributed by atoms with van der Waals surface area (Å²) in [7, 11) is 0. The molecule has 2 aromatic carbocycles. The number of amides is 1. The molecule has 8 heteroatoms. The predicted molar refractivity (Wildman–Crippen MR) is 91.0 cm³/mol. The zero-order chi connectivity index (χ0) is 19.4. The normalized spacial score (nSPS) is 11.4. The minimum absolute atomic E-state index is 0.206. The van der Waals surface area contributed by atoms with Gasteiger partial charge in [0, 0.05) is 18.3 Å². The van der Waals surface area contributed by atoms with Crippen LogP contribution in [0.2, 0.25) is 0 Å². The predicted octanol–water partition coefficient (Wildman–Crippen LogP) is 4.00. The van der Waals surface area contributed by atoms with Gasteiger partial charge in [-0.25, -0.2) is 9.07 Å². The monoisotopic (exact) mass is 377 g/mol. The second-order valence-corrected chi connectivity index (χ2v) is 5.83. The van der Waals surface area contributed by atoms with Crippen molar-refractivity contribution in [3.05, 3.63) is 83.4 Å². The van der Waals surface area contributed by atoms with Crippen molar-refractivity contribution in [2.75, 3.05) is 6.54 Å². The molecule has 0 unspecified atom stereocenters. The van der Waals surface area contributed by atoms with Crippen molar-refractivity contribution in [1.29, 1.82) is 0 Å². The van der Waals surface area contributed by atoms with E-state index in [-0.39, 0.29) is 12.1 Å². The Morgan fingerprint density at radius 1 is 1.11 bits per heavy atom. The van der Waals surface area contributed by atoms with E-state index in [1.807, 2.05) is 30.3 Å². The first-order valence-electron chi connectivity index (χ1n) is 8.08. The molecule has 1 aromatic heterocycles. The van der Waals surface area contributed by atoms with Crippen molar-refractivity contribution in [2.24, 2.45) is 0 Å². The summed E-state index contributed by atoms with van der Waals surface area (Å²) in [5.74, 6) is -2.11. The van der Waals surface area contributed by atoms with E-state index < -0.39 is 23.5 Å². The molecule has 27 heavy (non-hydrogen) atoms. The standard InChI is InChI=1S/C19H15F4N3O/c20-17-7-6-14(10-16(17)19(21,22)23)18(27)24-9-8-13-11-25-26(12-13)15-4-2-1-3-5-15/h1-7,10-12H,8-9H2,(H,24,27). The Kier molecular flexibility index (Phi) is 5.25. The molecule has 1 amide bonds. The zero-order valence-corrected chi connectivity index (χ0v) is 14.0. The first-order valence-corrected chi connectivity index (χ1v) is 8.08. The lowest BCUT2D eigenvalue weighted by molar-refractivity contribution is -0.140. The van der Waals surface area contributed by atoms with Gasteiger partial charge < -0.3 is 5.32 Å². The summed E-state index contributed by atoms with van der Waals surface area (Å²) >= 11 is 0. The van der Waals surface area contributed by atoms with Crippen LogP contribution >= 0.6 is 0 Å². The summed E-state index contributed by atoms with van der Waals surface area (Å²) in [6.07, 6.45) is -0.946. The van der Waals surface area contributed by atoms with Gasteiger partial charge in [-0.05, 0) is 42.3 Å². The Hall–Kier alpha value is -3.16. The fourth-order valence-corrected chi connectivity index (χ4v) is 2.52. The number of hydrogen-bond acceptors (Lipinski definition) is 2. The summed E-state index contributed by atoms with van der Waals surface area (Å²) in [5, 5.41) is 6.76. The van der Waals surface area contributed by atoms with E-state index in [0.717, 1.165) is 17.3 Å². The zero-order valence-electron chi connectivity index (χ0n) is 14.0. The molecule has 0 saturated heterocycles. The van der Waals surface area contributed by atoms with Gasteiger partial charge in [-0.1, -0.05) is 18.2 Å². The molecule has 1 heterocycles. The summed E-state index contributed by atoms with van der Waals surface area (Å²) in [6.45, 7) is 0.206. The maximum atomic E-state index is 13.3. The van der Waals surface area contributed by atoms with Gasteiger partial charge in [-0.2, -0.15) is 18.3 Å². The number of para-hydroxylation sites is 1. The van der Waals surface area contributed by atoms with Crippen LogP contribution < -0.4 is 5.32 Å². The number of carbonyl (C=O) groups excluding carboxylic acids is 1. The Balaban J connectivity index is 1.60. The molecule has 0 aliphatic rings. The number of hydrogen-bond donors (Lipinski definition) is 1. The number of halogens is 4. The quantitative estimate of drug-likeness (QED) is 0.683. The molecule has 0 fully saturated rings. The van der Waals surface area contributed by atoms with Crippen LogP contribution in [-0.2, 0) is 12.6 Å². The van der Waals surface area contributed by atoms with Crippen LogP contribution in [0.1, 0.15) is 21.5 Å². The highest BCUT2D eigenvalue weighted by Gasteiger charge is 2.34. The minimum Gasteiger partial charge on any atom is -0.352 e. The molecule has 3 rings (SSSR count). The Morgan fingerprint density at radius 3 is 2.56 bits per heavy atom. The molecule has 140 valence electrons. The van der Waals surface area contributed by atoms with Crippen molar-refractivity contribution in [3.8, 4) is 5.69 Å². The summed E-state index contributed by atoms with van der Waals surface area (Å²) in [4.78, 5) is 12.0. The highest BCUT2D eigenvalue weighted by atomic mass is 19.4. The van der Waals surface area contributed by atoms with Crippen LogP contribution in [-0.4, -0.2) is 22.2 Å². The molecule has 0 radical (unpaired) electrons. The minimum atomic E-state index is -4.85. The van der Waals surface area contributed by atoms with Crippen LogP contribution in [0, 0.1) is 5.82 Å². The largest absolute Gasteiger partial charge is 0.419 e. The van der Waals surface area contributed by atoms with Gasteiger partial charge in [0.1, 0.15) is 5.82 Å². The van der Waals surface area contributed by atoms with E-state index >= 15 is 0 Å². The van der Waals surface area contributed by atoms with Crippen LogP contribution in [0.25, 0.3) is 5.69 Å². The molecule has 0 atom stereocenters. The Morgan fingerprint density at radius 2 is 1.85 bits per heavy atom. The van der Waals surface area contributed by atoms with Gasteiger partial charge in [0.15, 0.2) is 0 Å². The summed E-state index contributed by atoms with van der Waals surface area (Å²) in [6, 6.07) is 11.6. The van der Waals surface area contributed by atoms with Crippen LogP contribution in [0.3, 0.4) is 0 Å². The van der Waals surface area contributed by atoms with E-state index in [2.05, 4.69) is 10.4 Å². The summed E-state index contributed by atoms with van der Waals surface area (Å²) < 4.78 is 53.2. The van der Waals surface area contributed by atoms with Crippen molar-refractivity contribution >= 4 is 5.91 Å². The Labute approximate surface area is 152 Å².